The van der Waals surface area contributed by atoms with E-state index < -0.39 is 0 Å². The van der Waals surface area contributed by atoms with Crippen molar-refractivity contribution in [1.29, 1.82) is 0 Å². The third-order valence-electron chi connectivity index (χ3n) is 4.38. The normalized spacial score (nSPS) is 23.4. The lowest BCUT2D eigenvalue weighted by Gasteiger charge is -2.22. The van der Waals surface area contributed by atoms with Crippen LogP contribution >= 0.6 is 0 Å². The fraction of sp³-hybridized carbons (Fsp3) is 0.500. The Hall–Kier alpha value is -1.84. The molecule has 3 rings (SSSR count). The van der Waals surface area contributed by atoms with Crippen molar-refractivity contribution in [1.82, 2.24) is 15.5 Å². The molecule has 0 aliphatic heterocycles. The zero-order valence-corrected chi connectivity index (χ0v) is 11.9. The summed E-state index contributed by atoms with van der Waals surface area (Å²) in [4.78, 5) is 12.4. The molecule has 1 aromatic carbocycles. The van der Waals surface area contributed by atoms with Crippen LogP contribution in [-0.4, -0.2) is 22.1 Å². The highest BCUT2D eigenvalue weighted by atomic mass is 16.1. The summed E-state index contributed by atoms with van der Waals surface area (Å²) in [5.74, 6) is 0.595. The highest BCUT2D eigenvalue weighted by Crippen LogP contribution is 2.23. The largest absolute Gasteiger partial charge is 0.349 e. The first kappa shape index (κ1) is 13.2. The van der Waals surface area contributed by atoms with E-state index >= 15 is 0 Å². The van der Waals surface area contributed by atoms with E-state index in [9.17, 15) is 4.79 Å². The number of fused-ring (bicyclic) bond motifs is 1. The van der Waals surface area contributed by atoms with Gasteiger partial charge < -0.3 is 5.32 Å². The number of rotatable bonds is 2. The maximum Gasteiger partial charge on any atom is 0.251 e. The molecule has 20 heavy (non-hydrogen) atoms. The number of amides is 1. The van der Waals surface area contributed by atoms with Crippen LogP contribution in [0.3, 0.4) is 0 Å². The fourth-order valence-corrected chi connectivity index (χ4v) is 3.04. The number of carbonyl (C=O) groups excluding carboxylic acids is 1. The van der Waals surface area contributed by atoms with Crippen molar-refractivity contribution in [3.63, 3.8) is 0 Å². The van der Waals surface area contributed by atoms with Crippen LogP contribution in [-0.2, 0) is 0 Å². The molecule has 0 spiro atoms. The van der Waals surface area contributed by atoms with Crippen molar-refractivity contribution < 1.29 is 4.79 Å². The number of carbonyl (C=O) groups is 1. The molecule has 1 amide bonds. The van der Waals surface area contributed by atoms with Gasteiger partial charge in [-0.1, -0.05) is 32.3 Å². The van der Waals surface area contributed by atoms with Crippen LogP contribution in [0.25, 0.3) is 10.9 Å². The van der Waals surface area contributed by atoms with E-state index in [1.165, 1.54) is 25.7 Å². The van der Waals surface area contributed by atoms with E-state index in [4.69, 9.17) is 0 Å². The van der Waals surface area contributed by atoms with Crippen LogP contribution in [0.1, 0.15) is 49.4 Å². The Labute approximate surface area is 119 Å². The summed E-state index contributed by atoms with van der Waals surface area (Å²) in [5, 5.41) is 11.1. The molecule has 0 saturated heterocycles. The van der Waals surface area contributed by atoms with Crippen LogP contribution in [0.4, 0.5) is 0 Å². The Kier molecular flexibility index (Phi) is 3.72. The van der Waals surface area contributed by atoms with Gasteiger partial charge in [-0.3, -0.25) is 9.89 Å². The summed E-state index contributed by atoms with van der Waals surface area (Å²) < 4.78 is 0. The van der Waals surface area contributed by atoms with Crippen molar-refractivity contribution in [3.05, 3.63) is 30.0 Å². The van der Waals surface area contributed by atoms with E-state index in [2.05, 4.69) is 22.4 Å². The van der Waals surface area contributed by atoms with Crippen LogP contribution in [0.15, 0.2) is 24.4 Å². The molecule has 4 nitrogen and oxygen atoms in total. The summed E-state index contributed by atoms with van der Waals surface area (Å²) in [7, 11) is 0. The quantitative estimate of drug-likeness (QED) is 0.824. The average molecular weight is 271 g/mol. The first-order valence-electron chi connectivity index (χ1n) is 7.48. The highest BCUT2D eigenvalue weighted by molar-refractivity contribution is 5.97. The van der Waals surface area contributed by atoms with Gasteiger partial charge in [-0.2, -0.15) is 5.10 Å². The van der Waals surface area contributed by atoms with Crippen LogP contribution in [0, 0.1) is 5.92 Å². The van der Waals surface area contributed by atoms with Gasteiger partial charge in [-0.25, -0.2) is 0 Å². The number of nitrogens with zero attached hydrogens (tertiary/aromatic N) is 1. The maximum atomic E-state index is 12.4. The SMILES string of the molecule is CC1CCCCCC1NC(=O)c1ccc2cn[nH]c2c1. The Morgan fingerprint density at radius 1 is 1.30 bits per heavy atom. The summed E-state index contributed by atoms with van der Waals surface area (Å²) in [5.41, 5.74) is 1.62. The van der Waals surface area contributed by atoms with Crippen molar-refractivity contribution >= 4 is 16.8 Å². The van der Waals surface area contributed by atoms with Gasteiger partial charge in [0, 0.05) is 17.0 Å². The van der Waals surface area contributed by atoms with Gasteiger partial charge in [-0.05, 0) is 30.9 Å². The summed E-state index contributed by atoms with van der Waals surface area (Å²) in [6.45, 7) is 2.24. The number of aromatic nitrogens is 2. The van der Waals surface area contributed by atoms with E-state index in [1.807, 2.05) is 18.2 Å². The van der Waals surface area contributed by atoms with Gasteiger partial charge in [0.1, 0.15) is 0 Å². The number of hydrogen-bond acceptors (Lipinski definition) is 2. The Bertz CT molecular complexity index is 605. The second kappa shape index (κ2) is 5.65. The average Bonchev–Trinajstić information content (AvgIpc) is 2.83. The number of benzene rings is 1. The predicted octanol–water partition coefficient (Wildman–Crippen LogP) is 3.26. The lowest BCUT2D eigenvalue weighted by molar-refractivity contribution is 0.0921. The molecule has 2 N–H and O–H groups in total. The summed E-state index contributed by atoms with van der Waals surface area (Å²) in [6.07, 6.45) is 7.87. The van der Waals surface area contributed by atoms with Gasteiger partial charge in [0.25, 0.3) is 5.91 Å². The minimum absolute atomic E-state index is 0.0280. The predicted molar refractivity (Wildman–Crippen MR) is 79.6 cm³/mol. The fourth-order valence-electron chi connectivity index (χ4n) is 3.04. The molecule has 1 saturated carbocycles. The van der Waals surface area contributed by atoms with E-state index in [0.717, 1.165) is 17.3 Å². The van der Waals surface area contributed by atoms with Crippen LogP contribution in [0.5, 0.6) is 0 Å². The van der Waals surface area contributed by atoms with Gasteiger partial charge >= 0.3 is 0 Å². The highest BCUT2D eigenvalue weighted by Gasteiger charge is 2.22. The van der Waals surface area contributed by atoms with Crippen LogP contribution < -0.4 is 5.32 Å². The zero-order chi connectivity index (χ0) is 13.9. The van der Waals surface area contributed by atoms with Crippen molar-refractivity contribution in [2.45, 2.75) is 45.1 Å². The Morgan fingerprint density at radius 2 is 2.15 bits per heavy atom. The molecule has 2 aromatic rings. The number of aromatic amines is 1. The van der Waals surface area contributed by atoms with Gasteiger partial charge in [0.05, 0.1) is 11.7 Å². The maximum absolute atomic E-state index is 12.4. The van der Waals surface area contributed by atoms with Crippen molar-refractivity contribution in [2.75, 3.05) is 0 Å². The molecule has 1 heterocycles. The minimum atomic E-state index is 0.0280. The third-order valence-corrected chi connectivity index (χ3v) is 4.38. The molecule has 1 fully saturated rings. The van der Waals surface area contributed by atoms with Crippen LogP contribution in [0.2, 0.25) is 0 Å². The summed E-state index contributed by atoms with van der Waals surface area (Å²) >= 11 is 0. The van der Waals surface area contributed by atoms with E-state index in [0.29, 0.717) is 17.5 Å². The molecular weight excluding hydrogens is 250 g/mol. The molecule has 1 aliphatic carbocycles. The van der Waals surface area contributed by atoms with Crippen molar-refractivity contribution in [3.8, 4) is 0 Å². The third kappa shape index (κ3) is 2.69. The van der Waals surface area contributed by atoms with Gasteiger partial charge in [0.15, 0.2) is 0 Å². The number of hydrogen-bond donors (Lipinski definition) is 2. The van der Waals surface area contributed by atoms with E-state index in [-0.39, 0.29) is 5.91 Å². The number of H-pyrrole nitrogens is 1. The first-order valence-corrected chi connectivity index (χ1v) is 7.48. The molecule has 0 radical (unpaired) electrons. The Balaban J connectivity index is 1.74. The topological polar surface area (TPSA) is 57.8 Å². The molecule has 106 valence electrons. The standard InChI is InChI=1S/C16H21N3O/c1-11-5-3-2-4-6-14(11)18-16(20)12-7-8-13-10-17-19-15(13)9-12/h7-11,14H,2-6H2,1H3,(H,17,19)(H,18,20). The van der Waals surface area contributed by atoms with Gasteiger partial charge in [-0.15, -0.1) is 0 Å². The Morgan fingerprint density at radius 3 is 3.05 bits per heavy atom. The molecule has 1 aliphatic rings. The molecule has 2 atom stereocenters. The smallest absolute Gasteiger partial charge is 0.251 e. The van der Waals surface area contributed by atoms with Gasteiger partial charge in [0.2, 0.25) is 0 Å². The zero-order valence-electron chi connectivity index (χ0n) is 11.9. The van der Waals surface area contributed by atoms with E-state index in [1.54, 1.807) is 6.20 Å². The molecular formula is C16H21N3O. The molecule has 4 heteroatoms. The lowest BCUT2D eigenvalue weighted by atomic mass is 9.96. The molecule has 0 bridgehead atoms. The minimum Gasteiger partial charge on any atom is -0.349 e. The second-order valence-electron chi connectivity index (χ2n) is 5.87. The first-order chi connectivity index (χ1) is 9.74. The number of nitrogens with one attached hydrogen (secondary N) is 2. The second-order valence-corrected chi connectivity index (χ2v) is 5.87. The molecule has 2 unspecified atom stereocenters. The monoisotopic (exact) mass is 271 g/mol. The van der Waals surface area contributed by atoms with Crippen molar-refractivity contribution in [2.24, 2.45) is 5.92 Å². The molecule has 1 aromatic heterocycles. The lowest BCUT2D eigenvalue weighted by Crippen LogP contribution is -2.38. The summed E-state index contributed by atoms with van der Waals surface area (Å²) in [6, 6.07) is 5.99.